The van der Waals surface area contributed by atoms with Crippen molar-refractivity contribution in [2.45, 2.75) is 39.2 Å². The Bertz CT molecular complexity index is 1230. The van der Waals surface area contributed by atoms with Gasteiger partial charge in [0.25, 0.3) is 5.91 Å². The number of rotatable bonds is 5. The largest absolute Gasteiger partial charge is 0.449 e. The molecule has 0 saturated carbocycles. The molecule has 1 fully saturated rings. The summed E-state index contributed by atoms with van der Waals surface area (Å²) in [5.41, 5.74) is 5.01. The maximum absolute atomic E-state index is 13.4. The van der Waals surface area contributed by atoms with E-state index in [0.29, 0.717) is 17.2 Å². The quantitative estimate of drug-likeness (QED) is 0.554. The summed E-state index contributed by atoms with van der Waals surface area (Å²) in [7, 11) is 0. The van der Waals surface area contributed by atoms with Crippen LogP contribution in [0.3, 0.4) is 0 Å². The molecule has 1 aromatic heterocycles. The van der Waals surface area contributed by atoms with Gasteiger partial charge in [-0.15, -0.1) is 0 Å². The second-order valence-electron chi connectivity index (χ2n) is 9.46. The van der Waals surface area contributed by atoms with Crippen molar-refractivity contribution >= 4 is 34.2 Å². The summed E-state index contributed by atoms with van der Waals surface area (Å²) < 4.78 is 11.1. The average Bonchev–Trinajstić information content (AvgIpc) is 2.88. The lowest BCUT2D eigenvalue weighted by Crippen LogP contribution is -2.36. The fourth-order valence-electron chi connectivity index (χ4n) is 4.89. The predicted octanol–water partition coefficient (Wildman–Crippen LogP) is 4.38. The molecule has 7 heteroatoms. The molecule has 1 saturated heterocycles. The molecule has 3 aromatic rings. The van der Waals surface area contributed by atoms with Gasteiger partial charge in [-0.2, -0.15) is 0 Å². The topological polar surface area (TPSA) is 80.8 Å². The second-order valence-corrected chi connectivity index (χ2v) is 9.46. The molecule has 35 heavy (non-hydrogen) atoms. The van der Waals surface area contributed by atoms with Crippen LogP contribution < -0.4 is 10.2 Å². The molecule has 2 aliphatic rings. The number of amides is 1. The van der Waals surface area contributed by atoms with Gasteiger partial charge < -0.3 is 19.7 Å². The summed E-state index contributed by atoms with van der Waals surface area (Å²) in [5, 5.41) is 3.64. The summed E-state index contributed by atoms with van der Waals surface area (Å²) in [4.78, 5) is 33.3. The monoisotopic (exact) mass is 473 g/mol. The number of esters is 1. The number of nitrogens with zero attached hydrogens (tertiary/aromatic N) is 2. The zero-order valence-corrected chi connectivity index (χ0v) is 20.3. The Hall–Kier alpha value is -3.45. The van der Waals surface area contributed by atoms with Gasteiger partial charge in [0, 0.05) is 35.5 Å². The molecule has 0 spiro atoms. The smallest absolute Gasteiger partial charge is 0.339 e. The van der Waals surface area contributed by atoms with Crippen molar-refractivity contribution in [1.29, 1.82) is 0 Å². The normalized spacial score (nSPS) is 18.6. The highest BCUT2D eigenvalue weighted by atomic mass is 16.5. The van der Waals surface area contributed by atoms with Crippen molar-refractivity contribution in [1.82, 2.24) is 4.98 Å². The molecule has 1 aliphatic heterocycles. The van der Waals surface area contributed by atoms with Crippen molar-refractivity contribution in [2.75, 3.05) is 36.5 Å². The first-order valence-electron chi connectivity index (χ1n) is 12.3. The van der Waals surface area contributed by atoms with Crippen molar-refractivity contribution in [3.05, 3.63) is 65.4 Å². The predicted molar refractivity (Wildman–Crippen MR) is 136 cm³/mol. The van der Waals surface area contributed by atoms with Crippen LogP contribution in [-0.4, -0.2) is 49.3 Å². The van der Waals surface area contributed by atoms with Gasteiger partial charge in [-0.1, -0.05) is 25.1 Å². The molecule has 7 nitrogen and oxygen atoms in total. The Morgan fingerprint density at radius 2 is 1.86 bits per heavy atom. The standard InChI is InChI=1S/C28H31N3O4/c1-18-7-12-25-23(17-18)26(22-5-3-4-6-24(22)30-25)28(33)35-19(2)27(32)29-20-8-10-21(11-9-20)31-13-15-34-16-14-31/h3-6,8-11,18-19H,7,12-17H2,1-2H3,(H,29,32). The van der Waals surface area contributed by atoms with Crippen molar-refractivity contribution < 1.29 is 19.1 Å². The summed E-state index contributed by atoms with van der Waals surface area (Å²) >= 11 is 0. The molecule has 2 unspecified atom stereocenters. The molecular formula is C28H31N3O4. The van der Waals surface area contributed by atoms with E-state index in [1.54, 1.807) is 6.92 Å². The number of morpholine rings is 1. The van der Waals surface area contributed by atoms with Gasteiger partial charge in [-0.25, -0.2) is 4.79 Å². The van der Waals surface area contributed by atoms with Gasteiger partial charge >= 0.3 is 5.97 Å². The molecule has 5 rings (SSSR count). The highest BCUT2D eigenvalue weighted by Crippen LogP contribution is 2.32. The molecule has 2 atom stereocenters. The fraction of sp³-hybridized carbons (Fsp3) is 0.393. The first kappa shape index (κ1) is 23.3. The minimum absolute atomic E-state index is 0.363. The maximum Gasteiger partial charge on any atom is 0.339 e. The number of hydrogen-bond acceptors (Lipinski definition) is 6. The van der Waals surface area contributed by atoms with Crippen LogP contribution in [0.15, 0.2) is 48.5 Å². The zero-order chi connectivity index (χ0) is 24.4. The van der Waals surface area contributed by atoms with E-state index in [-0.39, 0.29) is 5.91 Å². The van der Waals surface area contributed by atoms with E-state index in [1.807, 2.05) is 48.5 Å². The van der Waals surface area contributed by atoms with E-state index < -0.39 is 12.1 Å². The molecular weight excluding hydrogens is 442 g/mol. The Labute approximate surface area is 205 Å². The van der Waals surface area contributed by atoms with E-state index in [1.165, 1.54) is 0 Å². The molecule has 1 amide bonds. The van der Waals surface area contributed by atoms with E-state index >= 15 is 0 Å². The van der Waals surface area contributed by atoms with Gasteiger partial charge in [0.05, 0.1) is 24.3 Å². The Kier molecular flexibility index (Phi) is 6.68. The number of ether oxygens (including phenoxy) is 2. The number of nitrogens with one attached hydrogen (secondary N) is 1. The molecule has 2 aromatic carbocycles. The van der Waals surface area contributed by atoms with Crippen molar-refractivity contribution in [3.63, 3.8) is 0 Å². The molecule has 182 valence electrons. The third-order valence-electron chi connectivity index (χ3n) is 6.87. The number of hydrogen-bond donors (Lipinski definition) is 1. The molecule has 1 aliphatic carbocycles. The Morgan fingerprint density at radius 1 is 1.11 bits per heavy atom. The first-order chi connectivity index (χ1) is 17.0. The first-order valence-corrected chi connectivity index (χ1v) is 12.3. The van der Waals surface area contributed by atoms with Crippen LogP contribution in [0.4, 0.5) is 11.4 Å². The molecule has 0 bridgehead atoms. The van der Waals surface area contributed by atoms with Gasteiger partial charge in [-0.3, -0.25) is 9.78 Å². The minimum Gasteiger partial charge on any atom is -0.449 e. The highest BCUT2D eigenvalue weighted by Gasteiger charge is 2.28. The number of benzene rings is 2. The lowest BCUT2D eigenvalue weighted by Gasteiger charge is -2.29. The number of carbonyl (C=O) groups excluding carboxylic acids is 2. The molecule has 2 heterocycles. The van der Waals surface area contributed by atoms with Crippen molar-refractivity contribution in [3.8, 4) is 0 Å². The summed E-state index contributed by atoms with van der Waals surface area (Å²) in [6.07, 6.45) is 1.74. The Balaban J connectivity index is 1.30. The van der Waals surface area contributed by atoms with E-state index in [4.69, 9.17) is 14.5 Å². The SMILES string of the molecule is CC1CCc2nc3ccccc3c(C(=O)OC(C)C(=O)Nc3ccc(N4CCOCC4)cc3)c2C1. The van der Waals surface area contributed by atoms with Crippen LogP contribution in [-0.2, 0) is 27.1 Å². The number of anilines is 2. The van der Waals surface area contributed by atoms with Crippen LogP contribution in [0.1, 0.15) is 41.9 Å². The molecule has 1 N–H and O–H groups in total. The van der Waals surface area contributed by atoms with Crippen LogP contribution in [0, 0.1) is 5.92 Å². The van der Waals surface area contributed by atoms with E-state index in [9.17, 15) is 9.59 Å². The summed E-state index contributed by atoms with van der Waals surface area (Å²) in [6.45, 7) is 6.93. The number of aryl methyl sites for hydroxylation is 1. The van der Waals surface area contributed by atoms with Crippen LogP contribution in [0.25, 0.3) is 10.9 Å². The van der Waals surface area contributed by atoms with E-state index in [2.05, 4.69) is 17.1 Å². The summed E-state index contributed by atoms with van der Waals surface area (Å²) in [6, 6.07) is 15.3. The minimum atomic E-state index is -0.940. The lowest BCUT2D eigenvalue weighted by atomic mass is 9.84. The van der Waals surface area contributed by atoms with Gasteiger partial charge in [-0.05, 0) is 68.0 Å². The summed E-state index contributed by atoms with van der Waals surface area (Å²) in [5.74, 6) is -0.365. The number of pyridine rings is 1. The average molecular weight is 474 g/mol. The van der Waals surface area contributed by atoms with Gasteiger partial charge in [0.15, 0.2) is 6.10 Å². The highest BCUT2D eigenvalue weighted by molar-refractivity contribution is 6.06. The van der Waals surface area contributed by atoms with Crippen LogP contribution >= 0.6 is 0 Å². The maximum atomic E-state index is 13.4. The number of carbonyl (C=O) groups is 2. The third-order valence-corrected chi connectivity index (χ3v) is 6.87. The Morgan fingerprint density at radius 3 is 2.63 bits per heavy atom. The number of fused-ring (bicyclic) bond motifs is 2. The zero-order valence-electron chi connectivity index (χ0n) is 20.3. The van der Waals surface area contributed by atoms with E-state index in [0.717, 1.165) is 73.4 Å². The number of aromatic nitrogens is 1. The lowest BCUT2D eigenvalue weighted by molar-refractivity contribution is -0.123. The fourth-order valence-corrected chi connectivity index (χ4v) is 4.89. The van der Waals surface area contributed by atoms with Gasteiger partial charge in [0.1, 0.15) is 0 Å². The second kappa shape index (κ2) is 10.0. The third kappa shape index (κ3) is 5.00. The molecule has 0 radical (unpaired) electrons. The number of para-hydroxylation sites is 1. The van der Waals surface area contributed by atoms with Crippen molar-refractivity contribution in [2.24, 2.45) is 5.92 Å². The van der Waals surface area contributed by atoms with Gasteiger partial charge in [0.2, 0.25) is 0 Å². The van der Waals surface area contributed by atoms with Crippen LogP contribution in [0.2, 0.25) is 0 Å². The van der Waals surface area contributed by atoms with Crippen LogP contribution in [0.5, 0.6) is 0 Å².